The Hall–Kier alpha value is -2.32. The monoisotopic (exact) mass is 446 g/mol. The molecule has 4 rings (SSSR count). The third-order valence-corrected chi connectivity index (χ3v) is 6.67. The van der Waals surface area contributed by atoms with Crippen LogP contribution in [0.5, 0.6) is 5.75 Å². The minimum atomic E-state index is -3.02. The summed E-state index contributed by atoms with van der Waals surface area (Å²) in [5.74, 6) is -1.91. The topological polar surface area (TPSA) is 81.5 Å². The van der Waals surface area contributed by atoms with Crippen molar-refractivity contribution in [3.8, 4) is 17.0 Å². The van der Waals surface area contributed by atoms with Crippen molar-refractivity contribution in [1.29, 1.82) is 0 Å². The molecule has 1 aliphatic heterocycles. The summed E-state index contributed by atoms with van der Waals surface area (Å²) < 4.78 is 27.0. The lowest BCUT2D eigenvalue weighted by Gasteiger charge is -2.36. The Kier molecular flexibility index (Phi) is 6.62. The molecule has 2 fully saturated rings. The Balaban J connectivity index is 1.38. The van der Waals surface area contributed by atoms with Crippen molar-refractivity contribution in [2.24, 2.45) is 5.92 Å². The number of hydrogen-bond acceptors (Lipinski definition) is 6. The van der Waals surface area contributed by atoms with Gasteiger partial charge in [-0.15, -0.1) is 10.2 Å². The molecule has 1 atom stereocenters. The van der Waals surface area contributed by atoms with Crippen LogP contribution in [-0.2, 0) is 5.92 Å². The second kappa shape index (κ2) is 9.27. The van der Waals surface area contributed by atoms with E-state index in [2.05, 4.69) is 20.4 Å². The van der Waals surface area contributed by atoms with Crippen molar-refractivity contribution in [1.82, 2.24) is 15.1 Å². The van der Waals surface area contributed by atoms with Crippen molar-refractivity contribution in [3.05, 3.63) is 35.4 Å². The third-order valence-electron chi connectivity index (χ3n) is 6.67. The largest absolute Gasteiger partial charge is 0.507 e. The zero-order chi connectivity index (χ0) is 22.9. The van der Waals surface area contributed by atoms with E-state index in [1.807, 2.05) is 13.0 Å². The van der Waals surface area contributed by atoms with Gasteiger partial charge in [-0.2, -0.15) is 0 Å². The number of halogens is 2. The van der Waals surface area contributed by atoms with Crippen LogP contribution >= 0.6 is 0 Å². The smallest absolute Gasteiger partial charge is 0.270 e. The number of aryl methyl sites for hydroxylation is 1. The lowest BCUT2D eigenvalue weighted by molar-refractivity contribution is 0.0172. The summed E-state index contributed by atoms with van der Waals surface area (Å²) in [5.41, 5.74) is 1.44. The Morgan fingerprint density at radius 1 is 1.22 bits per heavy atom. The first-order chi connectivity index (χ1) is 15.2. The van der Waals surface area contributed by atoms with Gasteiger partial charge in [0.1, 0.15) is 11.6 Å². The molecule has 2 aliphatic rings. The number of anilines is 1. The number of aliphatic hydroxyl groups excluding tert-OH is 1. The number of nitrogens with zero attached hydrogens (tertiary/aromatic N) is 3. The van der Waals surface area contributed by atoms with E-state index >= 15 is 0 Å². The number of rotatable bonds is 7. The van der Waals surface area contributed by atoms with Crippen LogP contribution in [0, 0.1) is 12.8 Å². The Labute approximate surface area is 187 Å². The average Bonchev–Trinajstić information content (AvgIpc) is 2.70. The molecule has 0 radical (unpaired) electrons. The molecule has 2 aromatic rings. The molecule has 0 amide bonds. The van der Waals surface area contributed by atoms with E-state index in [0.29, 0.717) is 23.0 Å². The Morgan fingerprint density at radius 2 is 2.00 bits per heavy atom. The molecule has 1 aromatic carbocycles. The molecule has 32 heavy (non-hydrogen) atoms. The van der Waals surface area contributed by atoms with Gasteiger partial charge >= 0.3 is 0 Å². The van der Waals surface area contributed by atoms with Crippen LogP contribution in [-0.4, -0.2) is 57.1 Å². The van der Waals surface area contributed by atoms with Crippen LogP contribution in [0.3, 0.4) is 0 Å². The minimum Gasteiger partial charge on any atom is -0.507 e. The van der Waals surface area contributed by atoms with E-state index in [9.17, 15) is 19.0 Å². The second-order valence-electron chi connectivity index (χ2n) is 9.45. The average molecular weight is 447 g/mol. The maximum Gasteiger partial charge on any atom is 0.270 e. The molecule has 2 heterocycles. The number of aromatic hydroxyl groups is 1. The number of phenolic OH excluding ortho intramolecular Hbond substituents is 1. The van der Waals surface area contributed by atoms with Crippen LogP contribution in [0.25, 0.3) is 11.3 Å². The zero-order valence-electron chi connectivity index (χ0n) is 18.7. The van der Waals surface area contributed by atoms with Crippen molar-refractivity contribution in [2.75, 3.05) is 25.0 Å². The molecule has 8 heteroatoms. The molecular weight excluding hydrogens is 414 g/mol. The highest BCUT2D eigenvalue weighted by atomic mass is 19.3. The first kappa shape index (κ1) is 22.9. The normalized spacial score (nSPS) is 24.2. The summed E-state index contributed by atoms with van der Waals surface area (Å²) in [4.78, 5) is 2.48. The molecule has 3 N–H and O–H groups in total. The van der Waals surface area contributed by atoms with Crippen molar-refractivity contribution >= 4 is 5.82 Å². The SMILES string of the molecule is Cc1cc(N[C@@H]2CCCN(CCC3CC(O)C3)C2)nnc1-c1ccc(C(C)(F)F)cc1O. The summed E-state index contributed by atoms with van der Waals surface area (Å²) >= 11 is 0. The number of aromatic nitrogens is 2. The van der Waals surface area contributed by atoms with E-state index in [0.717, 1.165) is 70.3 Å². The van der Waals surface area contributed by atoms with Gasteiger partial charge in [0, 0.05) is 30.6 Å². The van der Waals surface area contributed by atoms with Crippen LogP contribution in [0.15, 0.2) is 24.3 Å². The molecule has 1 saturated heterocycles. The highest BCUT2D eigenvalue weighted by molar-refractivity contribution is 5.70. The molecule has 174 valence electrons. The molecule has 0 bridgehead atoms. The van der Waals surface area contributed by atoms with Gasteiger partial charge in [-0.3, -0.25) is 0 Å². The minimum absolute atomic E-state index is 0.0898. The predicted molar refractivity (Wildman–Crippen MR) is 120 cm³/mol. The Bertz CT molecular complexity index is 944. The summed E-state index contributed by atoms with van der Waals surface area (Å²) in [7, 11) is 0. The number of phenols is 1. The molecular formula is C24H32F2N4O2. The highest BCUT2D eigenvalue weighted by Crippen LogP contribution is 2.36. The van der Waals surface area contributed by atoms with Gasteiger partial charge in [0.25, 0.3) is 5.92 Å². The molecule has 6 nitrogen and oxygen atoms in total. The summed E-state index contributed by atoms with van der Waals surface area (Å²) in [6.07, 6.45) is 5.12. The summed E-state index contributed by atoms with van der Waals surface area (Å²) in [6.45, 7) is 5.79. The van der Waals surface area contributed by atoms with Gasteiger partial charge in [0.15, 0.2) is 0 Å². The van der Waals surface area contributed by atoms with Crippen molar-refractivity contribution in [2.45, 2.75) is 64.0 Å². The summed E-state index contributed by atoms with van der Waals surface area (Å²) in [5, 5.41) is 31.8. The zero-order valence-corrected chi connectivity index (χ0v) is 18.7. The fourth-order valence-corrected chi connectivity index (χ4v) is 4.71. The van der Waals surface area contributed by atoms with E-state index in [1.54, 1.807) is 0 Å². The molecule has 1 aromatic heterocycles. The Morgan fingerprint density at radius 3 is 2.66 bits per heavy atom. The number of benzene rings is 1. The fourth-order valence-electron chi connectivity index (χ4n) is 4.71. The van der Waals surface area contributed by atoms with Crippen LogP contribution in [0.4, 0.5) is 14.6 Å². The summed E-state index contributed by atoms with van der Waals surface area (Å²) in [6, 6.07) is 6.03. The third kappa shape index (κ3) is 5.35. The van der Waals surface area contributed by atoms with E-state index < -0.39 is 5.92 Å². The van der Waals surface area contributed by atoms with E-state index in [4.69, 9.17) is 0 Å². The maximum atomic E-state index is 13.5. The van der Waals surface area contributed by atoms with Crippen LogP contribution in [0.2, 0.25) is 0 Å². The van der Waals surface area contributed by atoms with Crippen LogP contribution < -0.4 is 5.32 Å². The first-order valence-corrected chi connectivity index (χ1v) is 11.4. The van der Waals surface area contributed by atoms with Crippen molar-refractivity contribution < 1.29 is 19.0 Å². The second-order valence-corrected chi connectivity index (χ2v) is 9.45. The van der Waals surface area contributed by atoms with E-state index in [-0.39, 0.29) is 23.5 Å². The maximum absolute atomic E-state index is 13.5. The van der Waals surface area contributed by atoms with Gasteiger partial charge in [-0.1, -0.05) is 6.07 Å². The van der Waals surface area contributed by atoms with Gasteiger partial charge < -0.3 is 20.4 Å². The quantitative estimate of drug-likeness (QED) is 0.588. The predicted octanol–water partition coefficient (Wildman–Crippen LogP) is 4.31. The first-order valence-electron chi connectivity index (χ1n) is 11.4. The number of hydrogen-bond donors (Lipinski definition) is 3. The van der Waals surface area contributed by atoms with Crippen molar-refractivity contribution in [3.63, 3.8) is 0 Å². The van der Waals surface area contributed by atoms with Gasteiger partial charge in [0.05, 0.1) is 11.8 Å². The van der Waals surface area contributed by atoms with Gasteiger partial charge in [-0.05, 0) is 81.8 Å². The number of piperidine rings is 1. The number of likely N-dealkylation sites (tertiary alicyclic amines) is 1. The number of nitrogens with one attached hydrogen (secondary N) is 1. The molecule has 1 aliphatic carbocycles. The highest BCUT2D eigenvalue weighted by Gasteiger charge is 2.28. The molecule has 0 unspecified atom stereocenters. The molecule has 1 saturated carbocycles. The number of alkyl halides is 2. The fraction of sp³-hybridized carbons (Fsp3) is 0.583. The van der Waals surface area contributed by atoms with Gasteiger partial charge in [-0.25, -0.2) is 8.78 Å². The lowest BCUT2D eigenvalue weighted by Crippen LogP contribution is -2.43. The number of aliphatic hydroxyl groups is 1. The standard InChI is InChI=1S/C24H32F2N4O2/c1-15-10-22(27-18-4-3-8-30(14-18)9-7-16-11-19(31)12-16)28-29-23(15)20-6-5-17(13-21(20)32)24(2,25)26/h5-6,10,13,16,18-19,31-32H,3-4,7-9,11-12,14H2,1-2H3,(H,27,28)/t16?,18-,19?/m1/s1. The van der Waals surface area contributed by atoms with E-state index in [1.165, 1.54) is 12.1 Å². The van der Waals surface area contributed by atoms with Gasteiger partial charge in [0.2, 0.25) is 0 Å². The molecule has 0 spiro atoms. The van der Waals surface area contributed by atoms with Crippen LogP contribution in [0.1, 0.15) is 50.2 Å². The lowest BCUT2D eigenvalue weighted by atomic mass is 9.80.